The van der Waals surface area contributed by atoms with Crippen molar-refractivity contribution < 1.29 is 19.1 Å². The predicted octanol–water partition coefficient (Wildman–Crippen LogP) is 4.51. The Morgan fingerprint density at radius 1 is 1.03 bits per heavy atom. The van der Waals surface area contributed by atoms with Crippen LogP contribution in [0.4, 0.5) is 5.69 Å². The average Bonchev–Trinajstić information content (AvgIpc) is 3.54. The molecule has 7 heteroatoms. The van der Waals surface area contributed by atoms with E-state index in [0.29, 0.717) is 37.4 Å². The van der Waals surface area contributed by atoms with Crippen molar-refractivity contribution in [3.05, 3.63) is 65.2 Å². The fourth-order valence-corrected chi connectivity index (χ4v) is 5.81. The lowest BCUT2D eigenvalue weighted by molar-refractivity contribution is -0.136. The summed E-state index contributed by atoms with van der Waals surface area (Å²) >= 11 is 0. The zero-order valence-corrected chi connectivity index (χ0v) is 21.7. The van der Waals surface area contributed by atoms with Crippen LogP contribution in [0.25, 0.3) is 0 Å². The Bertz CT molecular complexity index is 1130. The van der Waals surface area contributed by atoms with Crippen LogP contribution in [0.3, 0.4) is 0 Å². The molecule has 2 aromatic carbocycles. The third-order valence-electron chi connectivity index (χ3n) is 7.81. The minimum absolute atomic E-state index is 0.0821. The molecule has 37 heavy (non-hydrogen) atoms. The fourth-order valence-electron chi connectivity index (χ4n) is 5.81. The molecule has 3 aliphatic heterocycles. The molecule has 7 nitrogen and oxygen atoms in total. The molecule has 0 spiro atoms. The van der Waals surface area contributed by atoms with E-state index in [0.717, 1.165) is 62.9 Å². The molecule has 3 amide bonds. The van der Waals surface area contributed by atoms with E-state index >= 15 is 0 Å². The molecule has 0 radical (unpaired) electrons. The van der Waals surface area contributed by atoms with E-state index in [2.05, 4.69) is 24.0 Å². The van der Waals surface area contributed by atoms with E-state index in [1.807, 2.05) is 35.2 Å². The fraction of sp³-hybridized carbons (Fsp3) is 0.500. The van der Waals surface area contributed by atoms with Crippen molar-refractivity contribution in [2.75, 3.05) is 37.7 Å². The van der Waals surface area contributed by atoms with Crippen LogP contribution in [0.2, 0.25) is 0 Å². The molecule has 0 unspecified atom stereocenters. The maximum Gasteiger partial charge on any atom is 0.263 e. The van der Waals surface area contributed by atoms with Crippen LogP contribution >= 0.6 is 0 Å². The first-order valence-corrected chi connectivity index (χ1v) is 13.7. The molecule has 2 atom stereocenters. The highest BCUT2D eigenvalue weighted by atomic mass is 16.5. The van der Waals surface area contributed by atoms with Gasteiger partial charge in [0.25, 0.3) is 11.8 Å². The molecule has 0 aliphatic carbocycles. The Morgan fingerprint density at radius 3 is 2.62 bits per heavy atom. The Hall–Kier alpha value is -3.19. The molecule has 3 aliphatic rings. The van der Waals surface area contributed by atoms with Gasteiger partial charge in [-0.25, -0.2) is 0 Å². The minimum atomic E-state index is -0.242. The van der Waals surface area contributed by atoms with Gasteiger partial charge < -0.3 is 14.5 Å². The Kier molecular flexibility index (Phi) is 7.89. The van der Waals surface area contributed by atoms with E-state index in [1.54, 1.807) is 6.07 Å². The number of unbranched alkanes of at least 4 members (excludes halogenated alkanes) is 1. The van der Waals surface area contributed by atoms with E-state index in [9.17, 15) is 14.4 Å². The van der Waals surface area contributed by atoms with Crippen molar-refractivity contribution >= 4 is 23.4 Å². The molecule has 0 saturated carbocycles. The van der Waals surface area contributed by atoms with Crippen LogP contribution in [0.15, 0.2) is 48.5 Å². The van der Waals surface area contributed by atoms with Gasteiger partial charge in [-0.1, -0.05) is 49.7 Å². The monoisotopic (exact) mass is 503 g/mol. The molecular formula is C30H37N3O4. The second kappa shape index (κ2) is 11.5. The first-order valence-electron chi connectivity index (χ1n) is 13.7. The van der Waals surface area contributed by atoms with E-state index in [-0.39, 0.29) is 29.7 Å². The van der Waals surface area contributed by atoms with Gasteiger partial charge in [-0.05, 0) is 49.8 Å². The number of imide groups is 1. The van der Waals surface area contributed by atoms with Gasteiger partial charge in [-0.15, -0.1) is 0 Å². The molecule has 3 heterocycles. The number of piperidine rings is 1. The quantitative estimate of drug-likeness (QED) is 0.471. The van der Waals surface area contributed by atoms with E-state index < -0.39 is 0 Å². The number of benzene rings is 2. The number of anilines is 1. The summed E-state index contributed by atoms with van der Waals surface area (Å²) < 4.78 is 5.69. The molecule has 0 bridgehead atoms. The number of hydrogen-bond acceptors (Lipinski definition) is 5. The van der Waals surface area contributed by atoms with Crippen molar-refractivity contribution in [1.82, 2.24) is 9.80 Å². The van der Waals surface area contributed by atoms with Gasteiger partial charge in [0, 0.05) is 32.8 Å². The number of hydrogen-bond donors (Lipinski definition) is 0. The topological polar surface area (TPSA) is 70.2 Å². The van der Waals surface area contributed by atoms with Gasteiger partial charge in [-0.3, -0.25) is 19.3 Å². The highest BCUT2D eigenvalue weighted by Crippen LogP contribution is 2.35. The van der Waals surface area contributed by atoms with Gasteiger partial charge in [0.1, 0.15) is 0 Å². The summed E-state index contributed by atoms with van der Waals surface area (Å²) in [6, 6.07) is 15.7. The molecular weight excluding hydrogens is 466 g/mol. The molecule has 0 N–H and O–H groups in total. The molecule has 196 valence electrons. The van der Waals surface area contributed by atoms with Crippen molar-refractivity contribution in [1.29, 1.82) is 0 Å². The lowest BCUT2D eigenvalue weighted by Gasteiger charge is -2.37. The summed E-state index contributed by atoms with van der Waals surface area (Å²) in [4.78, 5) is 45.8. The summed E-state index contributed by atoms with van der Waals surface area (Å²) in [5.74, 6) is -0.443. The summed E-state index contributed by atoms with van der Waals surface area (Å²) in [5, 5.41) is 0. The van der Waals surface area contributed by atoms with Crippen LogP contribution in [-0.4, -0.2) is 66.4 Å². The van der Waals surface area contributed by atoms with Crippen molar-refractivity contribution in [2.24, 2.45) is 5.92 Å². The van der Waals surface area contributed by atoms with Gasteiger partial charge in [-0.2, -0.15) is 0 Å². The minimum Gasteiger partial charge on any atom is -0.376 e. The normalized spacial score (nSPS) is 21.4. The number of fused-ring (bicyclic) bond motifs is 1. The SMILES string of the molecule is CCCCN(Cc1ccccc1)C(=O)[C@@H]1CCCN(c2cccc3c2C(=O)N(C[C@H]2CCCO2)C3=O)C1. The lowest BCUT2D eigenvalue weighted by Crippen LogP contribution is -2.45. The number of nitrogens with zero attached hydrogens (tertiary/aromatic N) is 3. The van der Waals surface area contributed by atoms with Crippen molar-refractivity contribution in [3.8, 4) is 0 Å². The second-order valence-electron chi connectivity index (χ2n) is 10.4. The number of carbonyl (C=O) groups is 3. The summed E-state index contributed by atoms with van der Waals surface area (Å²) in [6.45, 7) is 5.81. The number of ether oxygens (including phenoxy) is 1. The highest BCUT2D eigenvalue weighted by Gasteiger charge is 2.41. The predicted molar refractivity (Wildman–Crippen MR) is 142 cm³/mol. The third-order valence-corrected chi connectivity index (χ3v) is 7.81. The number of carbonyl (C=O) groups excluding carboxylic acids is 3. The van der Waals surface area contributed by atoms with Crippen LogP contribution in [-0.2, 0) is 16.1 Å². The number of rotatable bonds is 9. The molecule has 2 saturated heterocycles. The van der Waals surface area contributed by atoms with Crippen LogP contribution in [0.1, 0.15) is 71.7 Å². The van der Waals surface area contributed by atoms with Gasteiger partial charge >= 0.3 is 0 Å². The summed E-state index contributed by atoms with van der Waals surface area (Å²) in [7, 11) is 0. The Balaban J connectivity index is 1.33. The van der Waals surface area contributed by atoms with Crippen LogP contribution in [0.5, 0.6) is 0 Å². The van der Waals surface area contributed by atoms with Crippen molar-refractivity contribution in [3.63, 3.8) is 0 Å². The first-order chi connectivity index (χ1) is 18.1. The zero-order chi connectivity index (χ0) is 25.8. The van der Waals surface area contributed by atoms with Gasteiger partial charge in [0.15, 0.2) is 0 Å². The van der Waals surface area contributed by atoms with Crippen LogP contribution in [0, 0.1) is 5.92 Å². The third kappa shape index (κ3) is 5.42. The largest absolute Gasteiger partial charge is 0.376 e. The molecule has 5 rings (SSSR count). The lowest BCUT2D eigenvalue weighted by atomic mass is 9.94. The van der Waals surface area contributed by atoms with Gasteiger partial charge in [0.2, 0.25) is 5.91 Å². The maximum atomic E-state index is 13.7. The van der Waals surface area contributed by atoms with E-state index in [4.69, 9.17) is 4.74 Å². The Morgan fingerprint density at radius 2 is 1.86 bits per heavy atom. The van der Waals surface area contributed by atoms with E-state index in [1.165, 1.54) is 4.90 Å². The first kappa shape index (κ1) is 25.5. The average molecular weight is 504 g/mol. The highest BCUT2D eigenvalue weighted by molar-refractivity contribution is 6.23. The van der Waals surface area contributed by atoms with Crippen LogP contribution < -0.4 is 4.90 Å². The number of amides is 3. The standard InChI is InChI=1S/C30H37N3O4/c1-2-3-16-32(19-22-10-5-4-6-11-22)28(34)23-12-8-17-31(20-23)26-15-7-14-25-27(26)30(36)33(29(25)35)21-24-13-9-18-37-24/h4-7,10-11,14-15,23-24H,2-3,8-9,12-13,16-21H2,1H3/t23-,24-/m1/s1. The summed E-state index contributed by atoms with van der Waals surface area (Å²) in [5.41, 5.74) is 2.84. The molecule has 2 fully saturated rings. The second-order valence-corrected chi connectivity index (χ2v) is 10.4. The molecule has 0 aromatic heterocycles. The Labute approximate surface area is 219 Å². The smallest absolute Gasteiger partial charge is 0.263 e. The van der Waals surface area contributed by atoms with Crippen molar-refractivity contribution in [2.45, 2.75) is 58.1 Å². The summed E-state index contributed by atoms with van der Waals surface area (Å²) in [6.07, 6.45) is 5.45. The zero-order valence-electron chi connectivity index (χ0n) is 21.7. The molecule has 2 aromatic rings. The maximum absolute atomic E-state index is 13.7. The van der Waals surface area contributed by atoms with Gasteiger partial charge in [0.05, 0.1) is 35.4 Å².